The van der Waals surface area contributed by atoms with E-state index >= 15 is 0 Å². The lowest BCUT2D eigenvalue weighted by atomic mass is 10.1. The number of anilines is 3. The predicted molar refractivity (Wildman–Crippen MR) is 352 cm³/mol. The van der Waals surface area contributed by atoms with E-state index in [0.717, 1.165) is 37.4 Å². The number of aromatic nitrogens is 6. The number of pyridine rings is 4. The zero-order chi connectivity index (χ0) is 68.9. The van der Waals surface area contributed by atoms with Gasteiger partial charge in [-0.05, 0) is 147 Å². The van der Waals surface area contributed by atoms with E-state index in [1.54, 1.807) is 89.1 Å². The van der Waals surface area contributed by atoms with Crippen LogP contribution in [-0.4, -0.2) is 196 Å². The number of carbonyl (C=O) groups is 8. The molecule has 1 fully saturated rings. The highest BCUT2D eigenvalue weighted by Gasteiger charge is 2.23. The smallest absolute Gasteiger partial charge is 0.356 e. The number of nitrogens with two attached hydrogens (primary N) is 1. The highest BCUT2D eigenvalue weighted by Crippen LogP contribution is 2.20. The van der Waals surface area contributed by atoms with Crippen LogP contribution in [0.1, 0.15) is 144 Å². The summed E-state index contributed by atoms with van der Waals surface area (Å²) in [6.07, 6.45) is 7.12. The van der Waals surface area contributed by atoms with Crippen LogP contribution < -0.4 is 16.4 Å². The van der Waals surface area contributed by atoms with Crippen molar-refractivity contribution in [3.63, 3.8) is 0 Å². The van der Waals surface area contributed by atoms with Crippen molar-refractivity contribution in [1.82, 2.24) is 49.5 Å². The molecule has 6 heterocycles. The van der Waals surface area contributed by atoms with Gasteiger partial charge in [-0.15, -0.1) is 0 Å². The average molecular weight is 1260 g/mol. The zero-order valence-corrected chi connectivity index (χ0v) is 55.2. The largest absolute Gasteiger partial charge is 0.478 e. The summed E-state index contributed by atoms with van der Waals surface area (Å²) in [7, 11) is 13.2. The van der Waals surface area contributed by atoms with Crippen molar-refractivity contribution in [3.8, 4) is 11.3 Å². The number of hydrogen-bond donors (Lipinski definition) is 4. The monoisotopic (exact) mass is 1260 g/mol. The lowest BCUT2D eigenvalue weighted by molar-refractivity contribution is -0.00389. The Hall–Kier alpha value is -10.2. The second-order valence-electron chi connectivity index (χ2n) is 22.7. The van der Waals surface area contributed by atoms with Crippen LogP contribution in [0.5, 0.6) is 0 Å². The first-order valence-electron chi connectivity index (χ1n) is 28.8. The summed E-state index contributed by atoms with van der Waals surface area (Å²) < 4.78 is 14.2. The van der Waals surface area contributed by atoms with E-state index in [1.807, 2.05) is 30.3 Å². The fourth-order valence-electron chi connectivity index (χ4n) is 7.04. The third kappa shape index (κ3) is 26.1. The second-order valence-corrected chi connectivity index (χ2v) is 22.7. The van der Waals surface area contributed by atoms with Crippen molar-refractivity contribution in [2.24, 2.45) is 0 Å². The molecule has 1 saturated heterocycles. The molecule has 0 saturated carbocycles. The molecule has 0 atom stereocenters. The van der Waals surface area contributed by atoms with Crippen molar-refractivity contribution < 1.29 is 57.7 Å². The van der Waals surface area contributed by atoms with Gasteiger partial charge in [0, 0.05) is 114 Å². The number of esters is 2. The molecule has 1 aliphatic rings. The number of methoxy groups -OCH3 is 2. The normalized spacial score (nSPS) is 11.6. The predicted octanol–water partition coefficient (Wildman–Crippen LogP) is 8.77. The number of ketones is 2. The first-order valence-corrected chi connectivity index (χ1v) is 28.8. The average Bonchev–Trinajstić information content (AvgIpc) is 1.44. The minimum atomic E-state index is -1.05. The first kappa shape index (κ1) is 76.0. The first-order chi connectivity index (χ1) is 43.3. The number of nitrogen functional groups attached to an aromatic ring is 1. The number of ether oxygens (including phenoxy) is 3. The molecule has 0 unspecified atom stereocenters. The third-order valence-corrected chi connectivity index (χ3v) is 13.3. The fraction of sp³-hybridized carbons (Fsp3) is 0.343. The molecule has 0 spiro atoms. The highest BCUT2D eigenvalue weighted by molar-refractivity contribution is 6.05. The number of carbonyl (C=O) groups excluding carboxylic acids is 7. The van der Waals surface area contributed by atoms with Crippen LogP contribution in [0.2, 0.25) is 0 Å². The number of amides is 3. The van der Waals surface area contributed by atoms with E-state index in [2.05, 4.69) is 115 Å². The maximum absolute atomic E-state index is 12.5. The fourth-order valence-corrected chi connectivity index (χ4v) is 7.04. The molecular weight excluding hydrogens is 1180 g/mol. The number of aromatic carboxylic acids is 1. The number of hydrogen-bond acceptors (Lipinski definition) is 21. The van der Waals surface area contributed by atoms with Gasteiger partial charge < -0.3 is 50.4 Å². The van der Waals surface area contributed by atoms with Gasteiger partial charge in [0.1, 0.15) is 22.8 Å². The Kier molecular flexibility index (Phi) is 30.6. The molecule has 7 aromatic rings. The Morgan fingerprint density at radius 2 is 1.08 bits per heavy atom. The minimum absolute atomic E-state index is 0.0543. The molecule has 1 aliphatic heterocycles. The van der Waals surface area contributed by atoms with Gasteiger partial charge in [-0.2, -0.15) is 0 Å². The molecule has 8 rings (SSSR count). The van der Waals surface area contributed by atoms with Gasteiger partial charge in [0.05, 0.1) is 55.6 Å². The van der Waals surface area contributed by atoms with Crippen LogP contribution in [0.15, 0.2) is 134 Å². The molecular formula is C67H85N13O12. The topological polar surface area (TPSA) is 325 Å². The van der Waals surface area contributed by atoms with Crippen molar-refractivity contribution in [2.75, 3.05) is 99.2 Å². The molecule has 5 aromatic heterocycles. The standard InChI is InChI=1S/C25H22N6O2.C10H12N2O2.C9H10N2O3.C9H9NO4.C8H17NO.C6H15N/c1-16(32)21-11-10-19(15-28-21)22-12-13-27-25(31-22)29-14-17-6-8-18(9-7-17)24(33)30-23-5-3-2-4-20(23)26;1-7(13)8-4-5-9(11-6-8)10(14)12(2)3;1-11(2)8(12)7-4-3-6(5-10-7)9(13)14;1-13-8(11)6-3-4-7(10-5-6)9(12)14-2;1-8(2,3)9-4-6-10-7-5-9;1-6(2,3)7(4)5/h2-13,15H,14,26H2,1H3,(H,30,33)(H,27,29,31);4-6H,1-3H3;3-5H,1-2H3,(H,13,14);3-5H,1-2H3;4-7H2,1-3H3;1-5H3. The number of rotatable bonds is 13. The van der Waals surface area contributed by atoms with Crippen molar-refractivity contribution in [1.29, 1.82) is 0 Å². The molecule has 0 radical (unpaired) electrons. The Morgan fingerprint density at radius 3 is 1.50 bits per heavy atom. The van der Waals surface area contributed by atoms with Gasteiger partial charge in [0.2, 0.25) is 5.95 Å². The van der Waals surface area contributed by atoms with E-state index < -0.39 is 17.9 Å². The molecule has 0 bridgehead atoms. The number of carboxylic acid groups (broad SMARTS) is 1. The zero-order valence-electron chi connectivity index (χ0n) is 55.2. The Bertz CT molecular complexity index is 3420. The van der Waals surface area contributed by atoms with E-state index in [9.17, 15) is 38.4 Å². The Labute approximate surface area is 537 Å². The van der Waals surface area contributed by atoms with Gasteiger partial charge in [-0.25, -0.2) is 29.3 Å². The Morgan fingerprint density at radius 1 is 0.587 bits per heavy atom. The van der Waals surface area contributed by atoms with E-state index in [1.165, 1.54) is 80.7 Å². The van der Waals surface area contributed by atoms with Crippen LogP contribution in [0.25, 0.3) is 11.3 Å². The summed E-state index contributed by atoms with van der Waals surface area (Å²) in [5, 5.41) is 14.6. The minimum Gasteiger partial charge on any atom is -0.478 e. The van der Waals surface area contributed by atoms with Crippen LogP contribution >= 0.6 is 0 Å². The molecule has 5 N–H and O–H groups in total. The van der Waals surface area contributed by atoms with Gasteiger partial charge in [-0.3, -0.25) is 43.8 Å². The number of nitrogens with one attached hydrogen (secondary N) is 2. The van der Waals surface area contributed by atoms with Gasteiger partial charge in [0.25, 0.3) is 17.7 Å². The summed E-state index contributed by atoms with van der Waals surface area (Å²) in [4.78, 5) is 122. The van der Waals surface area contributed by atoms with Crippen molar-refractivity contribution >= 4 is 64.5 Å². The molecule has 2 aromatic carbocycles. The van der Waals surface area contributed by atoms with Gasteiger partial charge in [-0.1, -0.05) is 24.3 Å². The maximum Gasteiger partial charge on any atom is 0.356 e. The maximum atomic E-state index is 12.5. The van der Waals surface area contributed by atoms with Gasteiger partial charge >= 0.3 is 17.9 Å². The number of carboxylic acids is 1. The lowest BCUT2D eigenvalue weighted by Crippen LogP contribution is -2.47. The van der Waals surface area contributed by atoms with Gasteiger partial charge in [0.15, 0.2) is 11.6 Å². The quantitative estimate of drug-likeness (QED) is 0.0476. The summed E-state index contributed by atoms with van der Waals surface area (Å²) in [6, 6.07) is 28.4. The van der Waals surface area contributed by atoms with Crippen molar-refractivity contribution in [2.45, 2.75) is 73.0 Å². The van der Waals surface area contributed by atoms with Crippen LogP contribution in [0.4, 0.5) is 17.3 Å². The molecule has 3 amide bonds. The van der Waals surface area contributed by atoms with E-state index in [0.29, 0.717) is 68.7 Å². The molecule has 25 nitrogen and oxygen atoms in total. The van der Waals surface area contributed by atoms with Crippen LogP contribution in [0.3, 0.4) is 0 Å². The number of Topliss-reactive ketones (excluding diaryl/α,β-unsaturated/α-hetero) is 2. The highest BCUT2D eigenvalue weighted by atomic mass is 16.5. The molecule has 0 aliphatic carbocycles. The second kappa shape index (κ2) is 37.0. The molecule has 92 heavy (non-hydrogen) atoms. The van der Waals surface area contributed by atoms with Crippen LogP contribution in [0, 0.1) is 0 Å². The number of benzene rings is 2. The summed E-state index contributed by atoms with van der Waals surface area (Å²) in [6.45, 7) is 20.7. The summed E-state index contributed by atoms with van der Waals surface area (Å²) >= 11 is 0. The van der Waals surface area contributed by atoms with E-state index in [-0.39, 0.29) is 46.2 Å². The summed E-state index contributed by atoms with van der Waals surface area (Å²) in [5.41, 5.74) is 12.6. The van der Waals surface area contributed by atoms with Crippen molar-refractivity contribution in [3.05, 3.63) is 185 Å². The Balaban J connectivity index is 0.000000315. The number of nitrogens with zero attached hydrogens (tertiary/aromatic N) is 10. The van der Waals surface area contributed by atoms with Crippen LogP contribution in [-0.2, 0) is 20.8 Å². The number of para-hydroxylation sites is 2. The summed E-state index contributed by atoms with van der Waals surface area (Å²) in [5.74, 6) is -2.41. The molecule has 25 heteroatoms. The molecule has 490 valence electrons. The SMILES string of the molecule is CC(=O)c1ccc(-c2ccnc(NCc3ccc(C(=O)Nc4ccccc4N)cc3)n2)cn1.CC(=O)c1ccc(C(=O)N(C)C)nc1.CC(C)(C)N1CCOCC1.CN(C)C(=O)c1ccc(C(=O)O)cn1.CN(C)C(C)(C)C.COC(=O)c1ccc(C(=O)OC)nc1. The third-order valence-electron chi connectivity index (χ3n) is 13.3. The van der Waals surface area contributed by atoms with E-state index in [4.69, 9.17) is 15.6 Å². The lowest BCUT2D eigenvalue weighted by Gasteiger charge is -2.38. The number of morpholine rings is 1.